The summed E-state index contributed by atoms with van der Waals surface area (Å²) in [5.74, 6) is 5.48. The molecule has 0 bridgehead atoms. The lowest BCUT2D eigenvalue weighted by Gasteiger charge is -2.14. The summed E-state index contributed by atoms with van der Waals surface area (Å²) >= 11 is 0. The molecule has 0 aromatic carbocycles. The topological polar surface area (TPSA) is 87.2 Å². The highest BCUT2D eigenvalue weighted by molar-refractivity contribution is 4.95. The van der Waals surface area contributed by atoms with Crippen LogP contribution in [0.5, 0.6) is 0 Å². The normalized spacial score (nSPS) is 12.9. The number of aromatic nitrogens is 3. The van der Waals surface area contributed by atoms with Gasteiger partial charge >= 0.3 is 0 Å². The van der Waals surface area contributed by atoms with Gasteiger partial charge in [-0.15, -0.1) is 5.10 Å². The zero-order chi connectivity index (χ0) is 12.5. The third kappa shape index (κ3) is 5.73. The molecule has 1 rings (SSSR count). The van der Waals surface area contributed by atoms with Crippen molar-refractivity contribution >= 4 is 0 Å². The number of methoxy groups -OCH3 is 1. The Hall–Kier alpha value is -1.02. The minimum Gasteiger partial charge on any atom is -0.382 e. The van der Waals surface area contributed by atoms with E-state index in [0.29, 0.717) is 19.8 Å². The van der Waals surface area contributed by atoms with Crippen LogP contribution in [0.25, 0.3) is 0 Å². The quantitative estimate of drug-likeness (QED) is 0.337. The molecule has 98 valence electrons. The van der Waals surface area contributed by atoms with Crippen LogP contribution in [0.2, 0.25) is 0 Å². The van der Waals surface area contributed by atoms with Gasteiger partial charge < -0.3 is 9.47 Å². The van der Waals surface area contributed by atoms with Crippen molar-refractivity contribution < 1.29 is 9.47 Å². The van der Waals surface area contributed by atoms with Crippen molar-refractivity contribution in [1.29, 1.82) is 0 Å². The van der Waals surface area contributed by atoms with Crippen molar-refractivity contribution in [3.8, 4) is 0 Å². The molecule has 1 unspecified atom stereocenters. The van der Waals surface area contributed by atoms with Crippen molar-refractivity contribution in [3.05, 3.63) is 11.9 Å². The van der Waals surface area contributed by atoms with Crippen LogP contribution in [0.15, 0.2) is 6.20 Å². The summed E-state index contributed by atoms with van der Waals surface area (Å²) in [5.41, 5.74) is 3.69. The zero-order valence-corrected chi connectivity index (χ0v) is 10.4. The Morgan fingerprint density at radius 1 is 1.47 bits per heavy atom. The van der Waals surface area contributed by atoms with E-state index < -0.39 is 0 Å². The number of rotatable bonds is 9. The summed E-state index contributed by atoms with van der Waals surface area (Å²) in [7, 11) is 3.50. The number of nitrogens with zero attached hydrogens (tertiary/aromatic N) is 3. The Bertz CT molecular complexity index is 305. The lowest BCUT2D eigenvalue weighted by Crippen LogP contribution is -2.37. The van der Waals surface area contributed by atoms with Gasteiger partial charge in [-0.25, -0.2) is 0 Å². The maximum Gasteiger partial charge on any atom is 0.0843 e. The molecule has 1 heterocycles. The smallest absolute Gasteiger partial charge is 0.0843 e. The van der Waals surface area contributed by atoms with E-state index in [2.05, 4.69) is 15.7 Å². The van der Waals surface area contributed by atoms with Gasteiger partial charge in [-0.3, -0.25) is 16.0 Å². The molecule has 0 saturated heterocycles. The molecule has 0 spiro atoms. The molecule has 0 aliphatic heterocycles. The maximum absolute atomic E-state index is 5.48. The fourth-order valence-electron chi connectivity index (χ4n) is 1.46. The van der Waals surface area contributed by atoms with Crippen LogP contribution in [0.3, 0.4) is 0 Å². The van der Waals surface area contributed by atoms with Crippen molar-refractivity contribution in [3.63, 3.8) is 0 Å². The number of hydrogen-bond acceptors (Lipinski definition) is 6. The maximum atomic E-state index is 5.48. The summed E-state index contributed by atoms with van der Waals surface area (Å²) in [6, 6.07) is 0.147. The van der Waals surface area contributed by atoms with E-state index in [1.165, 1.54) is 0 Å². The standard InChI is InChI=1S/C10H21N5O2/c1-15-8-10(13-14-15)7-9(12-11)3-4-17-6-5-16-2/h8-9,12H,3-7,11H2,1-2H3. The minimum atomic E-state index is 0.147. The summed E-state index contributed by atoms with van der Waals surface area (Å²) in [6.07, 6.45) is 3.46. The average Bonchev–Trinajstić information content (AvgIpc) is 2.73. The highest BCUT2D eigenvalue weighted by Crippen LogP contribution is 2.01. The number of nitrogens with two attached hydrogens (primary N) is 1. The molecule has 0 aliphatic carbocycles. The zero-order valence-electron chi connectivity index (χ0n) is 10.4. The number of nitrogens with one attached hydrogen (secondary N) is 1. The largest absolute Gasteiger partial charge is 0.382 e. The van der Waals surface area contributed by atoms with Crippen LogP contribution in [0.1, 0.15) is 12.1 Å². The first-order valence-corrected chi connectivity index (χ1v) is 5.64. The fourth-order valence-corrected chi connectivity index (χ4v) is 1.46. The van der Waals surface area contributed by atoms with Gasteiger partial charge in [-0.2, -0.15) is 0 Å². The van der Waals surface area contributed by atoms with E-state index in [0.717, 1.165) is 18.5 Å². The lowest BCUT2D eigenvalue weighted by molar-refractivity contribution is 0.0658. The third-order valence-electron chi connectivity index (χ3n) is 2.38. The fraction of sp³-hybridized carbons (Fsp3) is 0.800. The third-order valence-corrected chi connectivity index (χ3v) is 2.38. The molecule has 3 N–H and O–H groups in total. The number of ether oxygens (including phenoxy) is 2. The Kier molecular flexibility index (Phi) is 6.71. The molecule has 1 aromatic heterocycles. The van der Waals surface area contributed by atoms with E-state index in [1.54, 1.807) is 11.8 Å². The molecule has 0 fully saturated rings. The Morgan fingerprint density at radius 3 is 2.88 bits per heavy atom. The van der Waals surface area contributed by atoms with E-state index in [4.69, 9.17) is 15.3 Å². The van der Waals surface area contributed by atoms with Crippen molar-refractivity contribution in [2.75, 3.05) is 26.9 Å². The SMILES string of the molecule is COCCOCCC(Cc1cn(C)nn1)NN. The second-order valence-corrected chi connectivity index (χ2v) is 3.85. The molecule has 7 nitrogen and oxygen atoms in total. The van der Waals surface area contributed by atoms with E-state index in [9.17, 15) is 0 Å². The Labute approximate surface area is 101 Å². The predicted molar refractivity (Wildman–Crippen MR) is 63.1 cm³/mol. The first-order valence-electron chi connectivity index (χ1n) is 5.64. The number of hydrazine groups is 1. The summed E-state index contributed by atoms with van der Waals surface area (Å²) in [6.45, 7) is 1.88. The van der Waals surface area contributed by atoms with Crippen LogP contribution < -0.4 is 11.3 Å². The average molecular weight is 243 g/mol. The van der Waals surface area contributed by atoms with Gasteiger partial charge in [0.05, 0.1) is 18.9 Å². The van der Waals surface area contributed by atoms with E-state index in [1.807, 2.05) is 13.2 Å². The monoisotopic (exact) mass is 243 g/mol. The van der Waals surface area contributed by atoms with Crippen LogP contribution in [-0.2, 0) is 22.9 Å². The van der Waals surface area contributed by atoms with Gasteiger partial charge in [0.25, 0.3) is 0 Å². The summed E-state index contributed by atoms with van der Waals surface area (Å²) < 4.78 is 12.0. The Balaban J connectivity index is 2.19. The van der Waals surface area contributed by atoms with Crippen molar-refractivity contribution in [1.82, 2.24) is 20.4 Å². The summed E-state index contributed by atoms with van der Waals surface area (Å²) in [5, 5.41) is 7.89. The van der Waals surface area contributed by atoms with Gasteiger partial charge in [0, 0.05) is 39.4 Å². The molecule has 0 aliphatic rings. The van der Waals surface area contributed by atoms with Gasteiger partial charge in [0.15, 0.2) is 0 Å². The molecular weight excluding hydrogens is 222 g/mol. The van der Waals surface area contributed by atoms with Crippen molar-refractivity contribution in [2.24, 2.45) is 12.9 Å². The molecule has 1 aromatic rings. The Morgan fingerprint density at radius 2 is 2.29 bits per heavy atom. The highest BCUT2D eigenvalue weighted by Gasteiger charge is 2.10. The molecule has 1 atom stereocenters. The first-order chi connectivity index (χ1) is 8.26. The highest BCUT2D eigenvalue weighted by atomic mass is 16.5. The first kappa shape index (κ1) is 14.0. The number of hydrogen-bond donors (Lipinski definition) is 2. The molecule has 17 heavy (non-hydrogen) atoms. The molecule has 0 saturated carbocycles. The number of aryl methyl sites for hydroxylation is 1. The van der Waals surface area contributed by atoms with Crippen molar-refractivity contribution in [2.45, 2.75) is 18.9 Å². The second-order valence-electron chi connectivity index (χ2n) is 3.85. The molecule has 0 amide bonds. The van der Waals surface area contributed by atoms with E-state index in [-0.39, 0.29) is 6.04 Å². The molecule has 7 heteroatoms. The molecular formula is C10H21N5O2. The van der Waals surface area contributed by atoms with Gasteiger partial charge in [-0.05, 0) is 6.42 Å². The lowest BCUT2D eigenvalue weighted by atomic mass is 10.1. The van der Waals surface area contributed by atoms with Crippen LogP contribution >= 0.6 is 0 Å². The van der Waals surface area contributed by atoms with Gasteiger partial charge in [-0.1, -0.05) is 5.21 Å². The second kappa shape index (κ2) is 8.13. The minimum absolute atomic E-state index is 0.147. The van der Waals surface area contributed by atoms with Gasteiger partial charge in [0.2, 0.25) is 0 Å². The van der Waals surface area contributed by atoms with Gasteiger partial charge in [0.1, 0.15) is 0 Å². The molecule has 0 radical (unpaired) electrons. The summed E-state index contributed by atoms with van der Waals surface area (Å²) in [4.78, 5) is 0. The van der Waals surface area contributed by atoms with Crippen LogP contribution in [0.4, 0.5) is 0 Å². The van der Waals surface area contributed by atoms with Crippen LogP contribution in [-0.4, -0.2) is 48.0 Å². The van der Waals surface area contributed by atoms with Crippen LogP contribution in [0, 0.1) is 0 Å². The van der Waals surface area contributed by atoms with E-state index >= 15 is 0 Å². The predicted octanol–water partition coefficient (Wildman–Crippen LogP) is -0.757.